The van der Waals surface area contributed by atoms with Crippen LogP contribution in [0.5, 0.6) is 0 Å². The number of hydrogen-bond donors (Lipinski definition) is 2. The molecule has 2 rings (SSSR count). The van der Waals surface area contributed by atoms with Crippen molar-refractivity contribution in [3.63, 3.8) is 0 Å². The molecule has 0 spiro atoms. The maximum Gasteiger partial charge on any atom is 0.318 e. The van der Waals surface area contributed by atoms with Crippen molar-refractivity contribution in [3.8, 4) is 0 Å². The number of nitrogens with one attached hydrogen (secondary N) is 1. The van der Waals surface area contributed by atoms with Gasteiger partial charge in [-0.05, 0) is 39.2 Å². The molecule has 0 aliphatic heterocycles. The van der Waals surface area contributed by atoms with Crippen LogP contribution in [-0.2, 0) is 0 Å². The monoisotopic (exact) mass is 268 g/mol. The van der Waals surface area contributed by atoms with Crippen molar-refractivity contribution < 1.29 is 9.52 Å². The highest BCUT2D eigenvalue weighted by Crippen LogP contribution is 2.29. The van der Waals surface area contributed by atoms with Gasteiger partial charge in [0.05, 0.1) is 6.04 Å². The van der Waals surface area contributed by atoms with Crippen molar-refractivity contribution in [3.05, 3.63) is 5.89 Å². The first-order chi connectivity index (χ1) is 9.26. The zero-order valence-electron chi connectivity index (χ0n) is 11.8. The SMILES string of the molecule is CCNC(C)c1nnc(N(CCCO)C2CCC2)o1. The number of anilines is 1. The second kappa shape index (κ2) is 6.86. The summed E-state index contributed by atoms with van der Waals surface area (Å²) in [6, 6.07) is 1.17. The fourth-order valence-electron chi connectivity index (χ4n) is 2.28. The maximum atomic E-state index is 8.99. The summed E-state index contributed by atoms with van der Waals surface area (Å²) in [7, 11) is 0. The molecule has 1 heterocycles. The number of aliphatic hydroxyl groups excluding tert-OH is 1. The van der Waals surface area contributed by atoms with Crippen LogP contribution in [0.15, 0.2) is 4.42 Å². The van der Waals surface area contributed by atoms with E-state index < -0.39 is 0 Å². The minimum atomic E-state index is 0.0762. The molecule has 0 bridgehead atoms. The van der Waals surface area contributed by atoms with Crippen molar-refractivity contribution in [1.29, 1.82) is 0 Å². The van der Waals surface area contributed by atoms with E-state index in [9.17, 15) is 0 Å². The molecule has 0 saturated heterocycles. The minimum Gasteiger partial charge on any atom is -0.406 e. The average Bonchev–Trinajstić information content (AvgIpc) is 2.81. The average molecular weight is 268 g/mol. The smallest absolute Gasteiger partial charge is 0.318 e. The van der Waals surface area contributed by atoms with E-state index in [0.717, 1.165) is 19.5 Å². The van der Waals surface area contributed by atoms with E-state index in [1.54, 1.807) is 0 Å². The molecule has 19 heavy (non-hydrogen) atoms. The predicted octanol–water partition coefficient (Wildman–Crippen LogP) is 1.48. The normalized spacial score (nSPS) is 17.2. The Balaban J connectivity index is 2.03. The number of hydrogen-bond acceptors (Lipinski definition) is 6. The van der Waals surface area contributed by atoms with Gasteiger partial charge in [-0.15, -0.1) is 5.10 Å². The van der Waals surface area contributed by atoms with Crippen molar-refractivity contribution in [1.82, 2.24) is 15.5 Å². The predicted molar refractivity (Wildman–Crippen MR) is 73.1 cm³/mol. The lowest BCUT2D eigenvalue weighted by Gasteiger charge is -2.36. The number of aliphatic hydroxyl groups is 1. The van der Waals surface area contributed by atoms with Crippen LogP contribution in [0.4, 0.5) is 6.01 Å². The molecule has 0 radical (unpaired) electrons. The topological polar surface area (TPSA) is 74.4 Å². The van der Waals surface area contributed by atoms with E-state index in [-0.39, 0.29) is 12.6 Å². The summed E-state index contributed by atoms with van der Waals surface area (Å²) in [5, 5.41) is 20.5. The highest BCUT2D eigenvalue weighted by atomic mass is 16.4. The van der Waals surface area contributed by atoms with Crippen LogP contribution in [0.25, 0.3) is 0 Å². The Morgan fingerprint density at radius 3 is 2.84 bits per heavy atom. The highest BCUT2D eigenvalue weighted by Gasteiger charge is 2.28. The fourth-order valence-corrected chi connectivity index (χ4v) is 2.28. The largest absolute Gasteiger partial charge is 0.406 e. The molecule has 1 fully saturated rings. The van der Waals surface area contributed by atoms with Crippen LogP contribution in [0.2, 0.25) is 0 Å². The van der Waals surface area contributed by atoms with Gasteiger partial charge >= 0.3 is 6.01 Å². The lowest BCUT2D eigenvalue weighted by atomic mass is 9.91. The molecule has 1 saturated carbocycles. The summed E-state index contributed by atoms with van der Waals surface area (Å²) < 4.78 is 5.77. The van der Waals surface area contributed by atoms with Crippen LogP contribution in [0, 0.1) is 0 Å². The van der Waals surface area contributed by atoms with Crippen LogP contribution >= 0.6 is 0 Å². The van der Waals surface area contributed by atoms with E-state index in [0.29, 0.717) is 17.9 Å². The Labute approximate surface area is 114 Å². The summed E-state index contributed by atoms with van der Waals surface area (Å²) in [6.45, 7) is 5.91. The van der Waals surface area contributed by atoms with Gasteiger partial charge in [-0.3, -0.25) is 0 Å². The van der Waals surface area contributed by atoms with Gasteiger partial charge in [-0.1, -0.05) is 12.0 Å². The molecule has 1 aromatic heterocycles. The molecule has 1 aromatic rings. The standard InChI is InChI=1S/C13H24N4O2/c1-3-14-10(2)12-15-16-13(19-12)17(8-5-9-18)11-6-4-7-11/h10-11,14,18H,3-9H2,1-2H3. The number of aromatic nitrogens is 2. The number of nitrogens with zero attached hydrogens (tertiary/aromatic N) is 3. The molecule has 0 amide bonds. The third-order valence-electron chi connectivity index (χ3n) is 3.63. The van der Waals surface area contributed by atoms with Gasteiger partial charge in [0, 0.05) is 19.2 Å². The van der Waals surface area contributed by atoms with Gasteiger partial charge in [0.15, 0.2) is 0 Å². The molecular weight excluding hydrogens is 244 g/mol. The first-order valence-corrected chi connectivity index (χ1v) is 7.20. The second-order valence-corrected chi connectivity index (χ2v) is 5.06. The fraction of sp³-hybridized carbons (Fsp3) is 0.846. The highest BCUT2D eigenvalue weighted by molar-refractivity contribution is 5.28. The minimum absolute atomic E-state index is 0.0762. The Morgan fingerprint density at radius 2 is 2.26 bits per heavy atom. The molecule has 1 unspecified atom stereocenters. The summed E-state index contributed by atoms with van der Waals surface area (Å²) in [5.74, 6) is 0.630. The van der Waals surface area contributed by atoms with Gasteiger partial charge in [-0.2, -0.15) is 0 Å². The Kier molecular flexibility index (Phi) is 5.15. The van der Waals surface area contributed by atoms with Crippen molar-refractivity contribution in [2.24, 2.45) is 0 Å². The van der Waals surface area contributed by atoms with Crippen molar-refractivity contribution in [2.75, 3.05) is 24.6 Å². The van der Waals surface area contributed by atoms with Gasteiger partial charge in [0.2, 0.25) is 5.89 Å². The molecule has 6 nitrogen and oxygen atoms in total. The van der Waals surface area contributed by atoms with Gasteiger partial charge in [-0.25, -0.2) is 0 Å². The summed E-state index contributed by atoms with van der Waals surface area (Å²) in [4.78, 5) is 2.15. The van der Waals surface area contributed by atoms with Crippen LogP contribution in [0.1, 0.15) is 51.5 Å². The molecular formula is C13H24N4O2. The van der Waals surface area contributed by atoms with Gasteiger partial charge in [0.25, 0.3) is 0 Å². The molecule has 1 atom stereocenters. The van der Waals surface area contributed by atoms with E-state index in [2.05, 4.69) is 27.3 Å². The van der Waals surface area contributed by atoms with E-state index in [1.807, 2.05) is 6.92 Å². The summed E-state index contributed by atoms with van der Waals surface area (Å²) >= 11 is 0. The lowest BCUT2D eigenvalue weighted by molar-refractivity contribution is 0.279. The van der Waals surface area contributed by atoms with E-state index in [4.69, 9.17) is 9.52 Å². The zero-order chi connectivity index (χ0) is 13.7. The first kappa shape index (κ1) is 14.3. The third kappa shape index (κ3) is 3.45. The van der Waals surface area contributed by atoms with Gasteiger partial charge in [0.1, 0.15) is 0 Å². The Bertz CT molecular complexity index is 378. The summed E-state index contributed by atoms with van der Waals surface area (Å²) in [6.07, 6.45) is 4.34. The van der Waals surface area contributed by atoms with Crippen molar-refractivity contribution >= 4 is 6.01 Å². The quantitative estimate of drug-likeness (QED) is 0.744. The molecule has 1 aliphatic carbocycles. The number of rotatable bonds is 8. The molecule has 6 heteroatoms. The van der Waals surface area contributed by atoms with Crippen LogP contribution < -0.4 is 10.2 Å². The van der Waals surface area contributed by atoms with Crippen LogP contribution in [0.3, 0.4) is 0 Å². The van der Waals surface area contributed by atoms with Crippen LogP contribution in [-0.4, -0.2) is 41.0 Å². The molecule has 108 valence electrons. The maximum absolute atomic E-state index is 8.99. The molecule has 1 aliphatic rings. The third-order valence-corrected chi connectivity index (χ3v) is 3.63. The molecule has 2 N–H and O–H groups in total. The Hall–Kier alpha value is -1.14. The van der Waals surface area contributed by atoms with E-state index in [1.165, 1.54) is 19.3 Å². The first-order valence-electron chi connectivity index (χ1n) is 7.20. The van der Waals surface area contributed by atoms with Gasteiger partial charge < -0.3 is 19.7 Å². The molecule has 0 aromatic carbocycles. The second-order valence-electron chi connectivity index (χ2n) is 5.06. The van der Waals surface area contributed by atoms with E-state index >= 15 is 0 Å². The zero-order valence-corrected chi connectivity index (χ0v) is 11.8. The van der Waals surface area contributed by atoms with Crippen molar-refractivity contribution in [2.45, 2.75) is 51.6 Å². The summed E-state index contributed by atoms with van der Waals surface area (Å²) in [5.41, 5.74) is 0. The Morgan fingerprint density at radius 1 is 1.47 bits per heavy atom. The lowest BCUT2D eigenvalue weighted by Crippen LogP contribution is -2.41.